The van der Waals surface area contributed by atoms with Gasteiger partial charge in [0.15, 0.2) is 0 Å². The normalized spacial score (nSPS) is 11.6. The summed E-state index contributed by atoms with van der Waals surface area (Å²) in [6.45, 7) is 0. The molecule has 1 N–H and O–H groups in total. The summed E-state index contributed by atoms with van der Waals surface area (Å²) in [7, 11) is 1.44. The first-order valence-corrected chi connectivity index (χ1v) is 6.51. The van der Waals surface area contributed by atoms with Crippen molar-refractivity contribution in [3.63, 3.8) is 0 Å². The molecule has 0 aliphatic carbocycles. The number of benzene rings is 2. The average Bonchev–Trinajstić information content (AvgIpc) is 2.52. The summed E-state index contributed by atoms with van der Waals surface area (Å²) < 4.78 is 4.87. The van der Waals surface area contributed by atoms with Crippen molar-refractivity contribution in [2.75, 3.05) is 7.11 Å². The number of aliphatic carboxylic acids is 1. The molecule has 2 aromatic carbocycles. The molecule has 2 aromatic rings. The van der Waals surface area contributed by atoms with E-state index >= 15 is 0 Å². The van der Waals surface area contributed by atoms with Crippen molar-refractivity contribution in [2.45, 2.75) is 0 Å². The SMILES string of the molecule is CO/C=C(/C(=O)O)c1ccccc1/C=C/c1ccccc1. The van der Waals surface area contributed by atoms with Crippen molar-refractivity contribution < 1.29 is 14.6 Å². The van der Waals surface area contributed by atoms with E-state index in [1.165, 1.54) is 13.4 Å². The third-order valence-corrected chi connectivity index (χ3v) is 2.97. The van der Waals surface area contributed by atoms with Gasteiger partial charge in [-0.15, -0.1) is 0 Å². The molecule has 0 radical (unpaired) electrons. The number of hydrogen-bond acceptors (Lipinski definition) is 2. The van der Waals surface area contributed by atoms with E-state index in [1.54, 1.807) is 6.07 Å². The van der Waals surface area contributed by atoms with Crippen molar-refractivity contribution in [3.05, 3.63) is 77.5 Å². The Bertz CT molecular complexity index is 670. The Morgan fingerprint density at radius 2 is 1.67 bits per heavy atom. The molecule has 21 heavy (non-hydrogen) atoms. The van der Waals surface area contributed by atoms with E-state index in [0.29, 0.717) is 5.56 Å². The second kappa shape index (κ2) is 7.10. The van der Waals surface area contributed by atoms with Crippen LogP contribution in [0.5, 0.6) is 0 Å². The topological polar surface area (TPSA) is 46.5 Å². The smallest absolute Gasteiger partial charge is 0.339 e. The molecule has 3 nitrogen and oxygen atoms in total. The maximum absolute atomic E-state index is 11.3. The summed E-state index contributed by atoms with van der Waals surface area (Å²) in [5.41, 5.74) is 2.64. The Hall–Kier alpha value is -2.81. The molecule has 0 amide bonds. The van der Waals surface area contributed by atoms with Gasteiger partial charge in [-0.1, -0.05) is 66.7 Å². The standard InChI is InChI=1S/C18H16O3/c1-21-13-17(18(19)20)16-10-6-5-9-15(16)12-11-14-7-3-2-4-8-14/h2-13H,1H3,(H,19,20)/b12-11+,17-13+. The van der Waals surface area contributed by atoms with E-state index in [0.717, 1.165) is 11.1 Å². The predicted octanol–water partition coefficient (Wildman–Crippen LogP) is 3.93. The lowest BCUT2D eigenvalue weighted by molar-refractivity contribution is -0.130. The van der Waals surface area contributed by atoms with Crippen LogP contribution < -0.4 is 0 Å². The second-order valence-electron chi connectivity index (χ2n) is 4.40. The molecule has 0 aliphatic heterocycles. The van der Waals surface area contributed by atoms with Crippen LogP contribution in [0, 0.1) is 0 Å². The third kappa shape index (κ3) is 3.83. The van der Waals surface area contributed by atoms with Gasteiger partial charge in [-0.2, -0.15) is 0 Å². The van der Waals surface area contributed by atoms with E-state index in [1.807, 2.05) is 60.7 Å². The first kappa shape index (κ1) is 14.6. The van der Waals surface area contributed by atoms with Gasteiger partial charge in [-0.25, -0.2) is 4.79 Å². The molecule has 0 heterocycles. The Morgan fingerprint density at radius 3 is 2.33 bits per heavy atom. The van der Waals surface area contributed by atoms with Crippen LogP contribution >= 0.6 is 0 Å². The monoisotopic (exact) mass is 280 g/mol. The van der Waals surface area contributed by atoms with Crippen LogP contribution in [0.2, 0.25) is 0 Å². The van der Waals surface area contributed by atoms with Gasteiger partial charge in [0.1, 0.15) is 5.57 Å². The van der Waals surface area contributed by atoms with E-state index in [2.05, 4.69) is 0 Å². The molecule has 0 bridgehead atoms. The molecule has 0 saturated carbocycles. The zero-order valence-electron chi connectivity index (χ0n) is 11.7. The Kier molecular flexibility index (Phi) is 4.94. The summed E-state index contributed by atoms with van der Waals surface area (Å²) in [5, 5.41) is 9.30. The van der Waals surface area contributed by atoms with Crippen LogP contribution in [0.4, 0.5) is 0 Å². The minimum Gasteiger partial charge on any atom is -0.503 e. The van der Waals surface area contributed by atoms with Crippen molar-refractivity contribution in [1.29, 1.82) is 0 Å². The van der Waals surface area contributed by atoms with Crippen LogP contribution in [0.1, 0.15) is 16.7 Å². The zero-order valence-corrected chi connectivity index (χ0v) is 11.7. The van der Waals surface area contributed by atoms with Gasteiger partial charge in [-0.3, -0.25) is 0 Å². The highest BCUT2D eigenvalue weighted by molar-refractivity contribution is 6.16. The average molecular weight is 280 g/mol. The molecule has 106 valence electrons. The summed E-state index contributed by atoms with van der Waals surface area (Å²) >= 11 is 0. The molecule has 0 aliphatic rings. The van der Waals surface area contributed by atoms with Crippen LogP contribution in [-0.4, -0.2) is 18.2 Å². The number of rotatable bonds is 5. The molecule has 0 unspecified atom stereocenters. The van der Waals surface area contributed by atoms with Crippen LogP contribution in [-0.2, 0) is 9.53 Å². The van der Waals surface area contributed by atoms with Crippen LogP contribution in [0.3, 0.4) is 0 Å². The molecular formula is C18H16O3. The van der Waals surface area contributed by atoms with Crippen LogP contribution in [0.15, 0.2) is 60.9 Å². The fourth-order valence-electron chi connectivity index (χ4n) is 1.98. The first-order valence-electron chi connectivity index (χ1n) is 6.51. The molecule has 0 fully saturated rings. The molecule has 3 heteroatoms. The largest absolute Gasteiger partial charge is 0.503 e. The minimum absolute atomic E-state index is 0.130. The fourth-order valence-corrected chi connectivity index (χ4v) is 1.98. The number of methoxy groups -OCH3 is 1. The zero-order chi connectivity index (χ0) is 15.1. The summed E-state index contributed by atoms with van der Waals surface area (Å²) in [5.74, 6) is -1.02. The van der Waals surface area contributed by atoms with Gasteiger partial charge in [0.2, 0.25) is 0 Å². The molecule has 0 saturated heterocycles. The van der Waals surface area contributed by atoms with Crippen molar-refractivity contribution in [1.82, 2.24) is 0 Å². The highest BCUT2D eigenvalue weighted by Gasteiger charge is 2.13. The minimum atomic E-state index is -1.02. The third-order valence-electron chi connectivity index (χ3n) is 2.97. The molecular weight excluding hydrogens is 264 g/mol. The first-order chi connectivity index (χ1) is 10.2. The maximum Gasteiger partial charge on any atom is 0.339 e. The lowest BCUT2D eigenvalue weighted by Gasteiger charge is -2.06. The highest BCUT2D eigenvalue weighted by Crippen LogP contribution is 2.22. The molecule has 0 aromatic heterocycles. The van der Waals surface area contributed by atoms with Crippen molar-refractivity contribution >= 4 is 23.7 Å². The number of carboxylic acids is 1. The number of carboxylic acid groups (broad SMARTS) is 1. The van der Waals surface area contributed by atoms with Gasteiger partial charge >= 0.3 is 5.97 Å². The van der Waals surface area contributed by atoms with Gasteiger partial charge in [0.25, 0.3) is 0 Å². The summed E-state index contributed by atoms with van der Waals surface area (Å²) in [6.07, 6.45) is 5.10. The molecule has 0 spiro atoms. The van der Waals surface area contributed by atoms with E-state index < -0.39 is 5.97 Å². The quantitative estimate of drug-likeness (QED) is 0.513. The second-order valence-corrected chi connectivity index (χ2v) is 4.40. The van der Waals surface area contributed by atoms with E-state index in [-0.39, 0.29) is 5.57 Å². The van der Waals surface area contributed by atoms with Gasteiger partial charge in [0.05, 0.1) is 13.4 Å². The molecule has 2 rings (SSSR count). The number of hydrogen-bond donors (Lipinski definition) is 1. The van der Waals surface area contributed by atoms with E-state index in [4.69, 9.17) is 4.74 Å². The van der Waals surface area contributed by atoms with Crippen LogP contribution in [0.25, 0.3) is 17.7 Å². The maximum atomic E-state index is 11.3. The Labute approximate surface area is 123 Å². The summed E-state index contributed by atoms with van der Waals surface area (Å²) in [6, 6.07) is 17.2. The summed E-state index contributed by atoms with van der Waals surface area (Å²) in [4.78, 5) is 11.3. The Morgan fingerprint density at radius 1 is 1.00 bits per heavy atom. The van der Waals surface area contributed by atoms with Gasteiger partial charge < -0.3 is 9.84 Å². The lowest BCUT2D eigenvalue weighted by atomic mass is 9.99. The highest BCUT2D eigenvalue weighted by atomic mass is 16.5. The lowest BCUT2D eigenvalue weighted by Crippen LogP contribution is -2.02. The van der Waals surface area contributed by atoms with Gasteiger partial charge in [0, 0.05) is 0 Å². The fraction of sp³-hybridized carbons (Fsp3) is 0.0556. The number of ether oxygens (including phenoxy) is 1. The number of carbonyl (C=O) groups is 1. The predicted molar refractivity (Wildman–Crippen MR) is 84.4 cm³/mol. The molecule has 0 atom stereocenters. The van der Waals surface area contributed by atoms with Crippen molar-refractivity contribution in [2.24, 2.45) is 0 Å². The Balaban J connectivity index is 2.39. The van der Waals surface area contributed by atoms with E-state index in [9.17, 15) is 9.90 Å². The van der Waals surface area contributed by atoms with Gasteiger partial charge in [-0.05, 0) is 16.7 Å². The van der Waals surface area contributed by atoms with Crippen molar-refractivity contribution in [3.8, 4) is 0 Å².